The van der Waals surface area contributed by atoms with E-state index in [2.05, 4.69) is 4.74 Å². The van der Waals surface area contributed by atoms with Gasteiger partial charge in [-0.15, -0.1) is 0 Å². The molecule has 6 heteroatoms. The van der Waals surface area contributed by atoms with Gasteiger partial charge in [-0.05, 0) is 17.7 Å². The Kier molecular flexibility index (Phi) is 3.23. The molecule has 4 nitrogen and oxygen atoms in total. The van der Waals surface area contributed by atoms with Gasteiger partial charge < -0.3 is 15.2 Å². The molecule has 0 aromatic heterocycles. The summed E-state index contributed by atoms with van der Waals surface area (Å²) >= 11 is 0. The normalized spacial score (nSPS) is 19.8. The van der Waals surface area contributed by atoms with Crippen molar-refractivity contribution in [3.05, 3.63) is 35.4 Å². The molecule has 0 radical (unpaired) electrons. The maximum absolute atomic E-state index is 13.1. The lowest BCUT2D eigenvalue weighted by molar-refractivity contribution is 0.143. The minimum Gasteiger partial charge on any atom is -0.449 e. The maximum Gasteiger partial charge on any atom is 0.404 e. The first-order chi connectivity index (χ1) is 8.06. The van der Waals surface area contributed by atoms with Gasteiger partial charge in [0.15, 0.2) is 0 Å². The van der Waals surface area contributed by atoms with Crippen molar-refractivity contribution in [2.24, 2.45) is 5.73 Å². The first-order valence-electron chi connectivity index (χ1n) is 5.06. The van der Waals surface area contributed by atoms with E-state index >= 15 is 0 Å². The summed E-state index contributed by atoms with van der Waals surface area (Å²) in [5, 5.41) is 0. The maximum atomic E-state index is 13.1. The van der Waals surface area contributed by atoms with Gasteiger partial charge in [0.2, 0.25) is 0 Å². The fraction of sp³-hybridized carbons (Fsp3) is 0.364. The Morgan fingerprint density at radius 1 is 1.47 bits per heavy atom. The molecule has 2 unspecified atom stereocenters. The highest BCUT2D eigenvalue weighted by Crippen LogP contribution is 2.31. The molecule has 1 amide bonds. The molecule has 0 aliphatic carbocycles. The molecule has 1 heterocycles. The highest BCUT2D eigenvalue weighted by molar-refractivity contribution is 5.64. The zero-order valence-electron chi connectivity index (χ0n) is 8.86. The van der Waals surface area contributed by atoms with Gasteiger partial charge in [-0.25, -0.2) is 13.6 Å². The third-order valence-corrected chi connectivity index (χ3v) is 2.53. The molecule has 92 valence electrons. The Hall–Kier alpha value is -1.69. The molecule has 2 N–H and O–H groups in total. The molecule has 2 rings (SSSR count). The van der Waals surface area contributed by atoms with E-state index in [4.69, 9.17) is 10.5 Å². The summed E-state index contributed by atoms with van der Waals surface area (Å²) < 4.78 is 35.8. The van der Waals surface area contributed by atoms with Crippen molar-refractivity contribution in [1.82, 2.24) is 0 Å². The average molecular weight is 243 g/mol. The smallest absolute Gasteiger partial charge is 0.404 e. The van der Waals surface area contributed by atoms with Crippen LogP contribution < -0.4 is 5.73 Å². The van der Waals surface area contributed by atoms with E-state index in [1.54, 1.807) is 0 Å². The Morgan fingerprint density at radius 2 is 2.06 bits per heavy atom. The second-order valence-electron chi connectivity index (χ2n) is 3.81. The van der Waals surface area contributed by atoms with Crippen molar-refractivity contribution in [2.75, 3.05) is 13.2 Å². The summed E-state index contributed by atoms with van der Waals surface area (Å²) in [4.78, 5) is 10.5. The first-order valence-corrected chi connectivity index (χ1v) is 5.06. The van der Waals surface area contributed by atoms with Crippen LogP contribution in [0.15, 0.2) is 18.2 Å². The van der Waals surface area contributed by atoms with E-state index in [1.165, 1.54) is 12.1 Å². The summed E-state index contributed by atoms with van der Waals surface area (Å²) in [7, 11) is 0. The van der Waals surface area contributed by atoms with Gasteiger partial charge in [0, 0.05) is 12.0 Å². The van der Waals surface area contributed by atoms with Gasteiger partial charge in [0.25, 0.3) is 0 Å². The Labute approximate surface area is 96.3 Å². The van der Waals surface area contributed by atoms with Crippen LogP contribution in [0.3, 0.4) is 0 Å². The van der Waals surface area contributed by atoms with Gasteiger partial charge in [0.1, 0.15) is 18.2 Å². The van der Waals surface area contributed by atoms with Crippen molar-refractivity contribution in [3.8, 4) is 0 Å². The second-order valence-corrected chi connectivity index (χ2v) is 3.81. The third-order valence-electron chi connectivity index (χ3n) is 2.53. The lowest BCUT2D eigenvalue weighted by Gasteiger charge is -2.14. The molecule has 1 aromatic rings. The van der Waals surface area contributed by atoms with E-state index < -0.39 is 23.6 Å². The van der Waals surface area contributed by atoms with E-state index in [1.807, 2.05) is 0 Å². The van der Waals surface area contributed by atoms with Gasteiger partial charge in [-0.1, -0.05) is 0 Å². The summed E-state index contributed by atoms with van der Waals surface area (Å²) in [5.74, 6) is -1.75. The Balaban J connectivity index is 2.16. The number of carbonyl (C=O) groups excluding carboxylic acids is 1. The number of rotatable bonds is 4. The van der Waals surface area contributed by atoms with Crippen LogP contribution in [0.25, 0.3) is 0 Å². The number of benzene rings is 1. The molecule has 0 bridgehead atoms. The standard InChI is InChI=1S/C11H11F2NO3/c12-7-1-6(2-8(13)3-7)9(10-5-16-10)4-17-11(14)15/h1-3,9-10H,4-5H2,(H2,14,15). The molecule has 0 saturated carbocycles. The van der Waals surface area contributed by atoms with E-state index in [-0.39, 0.29) is 12.7 Å². The summed E-state index contributed by atoms with van der Waals surface area (Å²) in [6, 6.07) is 3.17. The average Bonchev–Trinajstić information content (AvgIpc) is 3.00. The number of amides is 1. The van der Waals surface area contributed by atoms with Gasteiger partial charge in [-0.2, -0.15) is 0 Å². The van der Waals surface area contributed by atoms with E-state index in [9.17, 15) is 13.6 Å². The van der Waals surface area contributed by atoms with Crippen molar-refractivity contribution < 1.29 is 23.0 Å². The zero-order valence-corrected chi connectivity index (χ0v) is 8.86. The fourth-order valence-electron chi connectivity index (χ4n) is 1.67. The van der Waals surface area contributed by atoms with Crippen molar-refractivity contribution in [2.45, 2.75) is 12.0 Å². The highest BCUT2D eigenvalue weighted by atomic mass is 19.1. The molecule has 1 aliphatic rings. The predicted molar refractivity (Wildman–Crippen MR) is 54.4 cm³/mol. The number of nitrogens with two attached hydrogens (primary N) is 1. The summed E-state index contributed by atoms with van der Waals surface area (Å²) in [6.45, 7) is 0.424. The Morgan fingerprint density at radius 3 is 2.53 bits per heavy atom. The Bertz CT molecular complexity index is 414. The topological polar surface area (TPSA) is 64.9 Å². The van der Waals surface area contributed by atoms with Crippen LogP contribution in [-0.2, 0) is 9.47 Å². The van der Waals surface area contributed by atoms with Crippen LogP contribution in [0.4, 0.5) is 13.6 Å². The van der Waals surface area contributed by atoms with Crippen LogP contribution in [0.1, 0.15) is 11.5 Å². The molecule has 1 fully saturated rings. The number of hydrogen-bond donors (Lipinski definition) is 1. The number of primary amides is 1. The minimum absolute atomic E-state index is 0.0527. The minimum atomic E-state index is -0.924. The first kappa shape index (κ1) is 11.8. The molecular formula is C11H11F2NO3. The van der Waals surface area contributed by atoms with E-state index in [0.717, 1.165) is 6.07 Å². The third kappa shape index (κ3) is 3.13. The molecule has 0 spiro atoms. The molecule has 2 atom stereocenters. The molecule has 1 aliphatic heterocycles. The molecular weight excluding hydrogens is 232 g/mol. The number of ether oxygens (including phenoxy) is 2. The van der Waals surface area contributed by atoms with Crippen molar-refractivity contribution in [3.63, 3.8) is 0 Å². The zero-order chi connectivity index (χ0) is 12.4. The number of hydrogen-bond acceptors (Lipinski definition) is 3. The van der Waals surface area contributed by atoms with Crippen LogP contribution >= 0.6 is 0 Å². The second kappa shape index (κ2) is 4.67. The van der Waals surface area contributed by atoms with Crippen LogP contribution in [-0.4, -0.2) is 25.4 Å². The number of epoxide rings is 1. The number of carbonyl (C=O) groups is 1. The van der Waals surface area contributed by atoms with Gasteiger partial charge >= 0.3 is 6.09 Å². The molecule has 17 heavy (non-hydrogen) atoms. The number of halogens is 2. The van der Waals surface area contributed by atoms with Crippen molar-refractivity contribution in [1.29, 1.82) is 0 Å². The highest BCUT2D eigenvalue weighted by Gasteiger charge is 2.35. The summed E-state index contributed by atoms with van der Waals surface area (Å²) in [5.41, 5.74) is 5.24. The van der Waals surface area contributed by atoms with Crippen molar-refractivity contribution >= 4 is 6.09 Å². The van der Waals surface area contributed by atoms with Crippen LogP contribution in [0.5, 0.6) is 0 Å². The quantitative estimate of drug-likeness (QED) is 0.816. The lowest BCUT2D eigenvalue weighted by Crippen LogP contribution is -2.21. The fourth-order valence-corrected chi connectivity index (χ4v) is 1.67. The lowest BCUT2D eigenvalue weighted by atomic mass is 9.96. The SMILES string of the molecule is NC(=O)OCC(c1cc(F)cc(F)c1)C1CO1. The predicted octanol–water partition coefficient (Wildman–Crippen LogP) is 1.54. The van der Waals surface area contributed by atoms with Gasteiger partial charge in [0.05, 0.1) is 12.7 Å². The molecule has 1 saturated heterocycles. The molecule has 1 aromatic carbocycles. The summed E-state index contributed by atoms with van der Waals surface area (Å²) in [6.07, 6.45) is -1.11. The van der Waals surface area contributed by atoms with Gasteiger partial charge in [-0.3, -0.25) is 0 Å². The van der Waals surface area contributed by atoms with E-state index in [0.29, 0.717) is 12.2 Å². The van der Waals surface area contributed by atoms with Crippen LogP contribution in [0, 0.1) is 11.6 Å². The largest absolute Gasteiger partial charge is 0.449 e. The monoisotopic (exact) mass is 243 g/mol. The van der Waals surface area contributed by atoms with Crippen LogP contribution in [0.2, 0.25) is 0 Å².